The van der Waals surface area contributed by atoms with Crippen molar-refractivity contribution in [2.24, 2.45) is 0 Å². The van der Waals surface area contributed by atoms with Gasteiger partial charge in [-0.3, -0.25) is 0 Å². The summed E-state index contributed by atoms with van der Waals surface area (Å²) < 4.78 is 5.28. The number of cyclic esters (lactones) is 1. The number of benzene rings is 2. The van der Waals surface area contributed by atoms with Crippen molar-refractivity contribution < 1.29 is 9.53 Å². The first kappa shape index (κ1) is 11.1. The third kappa shape index (κ3) is 1.83. The van der Waals surface area contributed by atoms with Gasteiger partial charge in [-0.1, -0.05) is 41.9 Å². The zero-order valence-electron chi connectivity index (χ0n) is 9.39. The number of hydrogen-bond donors (Lipinski definition) is 1. The summed E-state index contributed by atoms with van der Waals surface area (Å²) in [5.41, 5.74) is 2.18. The Hall–Kier alpha value is -2.00. The number of carbonyl (C=O) groups excluding carboxylic acids is 1. The van der Waals surface area contributed by atoms with Crippen molar-refractivity contribution in [1.29, 1.82) is 0 Å². The summed E-state index contributed by atoms with van der Waals surface area (Å²) in [5, 5.41) is 3.72. The molecule has 0 amide bonds. The molecule has 1 N–H and O–H groups in total. The van der Waals surface area contributed by atoms with E-state index < -0.39 is 6.23 Å². The third-order valence-electron chi connectivity index (χ3n) is 2.85. The van der Waals surface area contributed by atoms with E-state index in [1.807, 2.05) is 36.4 Å². The third-order valence-corrected chi connectivity index (χ3v) is 3.18. The van der Waals surface area contributed by atoms with Gasteiger partial charge >= 0.3 is 5.97 Å². The lowest BCUT2D eigenvalue weighted by Gasteiger charge is -2.15. The summed E-state index contributed by atoms with van der Waals surface area (Å²) in [5.74, 6) is -0.310. The Labute approximate surface area is 109 Å². The zero-order chi connectivity index (χ0) is 12.5. The van der Waals surface area contributed by atoms with Crippen molar-refractivity contribution in [2.75, 3.05) is 5.32 Å². The Morgan fingerprint density at radius 2 is 1.78 bits per heavy atom. The maximum atomic E-state index is 11.7. The molecule has 1 atom stereocenters. The lowest BCUT2D eigenvalue weighted by Crippen LogP contribution is -2.10. The van der Waals surface area contributed by atoms with E-state index in [2.05, 4.69) is 5.32 Å². The molecule has 1 aliphatic rings. The molecule has 0 aromatic heterocycles. The monoisotopic (exact) mass is 259 g/mol. The van der Waals surface area contributed by atoms with E-state index in [4.69, 9.17) is 16.3 Å². The molecule has 4 heteroatoms. The van der Waals surface area contributed by atoms with Crippen LogP contribution in [0.5, 0.6) is 0 Å². The first-order valence-electron chi connectivity index (χ1n) is 5.56. The Bertz CT molecular complexity index is 612. The Balaban J connectivity index is 1.92. The number of nitrogens with one attached hydrogen (secondary N) is 1. The highest BCUT2D eigenvalue weighted by atomic mass is 35.5. The number of anilines is 1. The van der Waals surface area contributed by atoms with Crippen LogP contribution in [0.1, 0.15) is 22.1 Å². The molecule has 0 radical (unpaired) electrons. The lowest BCUT2D eigenvalue weighted by atomic mass is 10.1. The number of fused-ring (bicyclic) bond motifs is 1. The highest BCUT2D eigenvalue weighted by Crippen LogP contribution is 2.33. The average molecular weight is 260 g/mol. The molecule has 3 rings (SSSR count). The van der Waals surface area contributed by atoms with Crippen molar-refractivity contribution in [2.45, 2.75) is 6.23 Å². The molecule has 0 saturated heterocycles. The molecule has 3 nitrogen and oxygen atoms in total. The summed E-state index contributed by atoms with van der Waals surface area (Å²) in [7, 11) is 0. The average Bonchev–Trinajstić information content (AvgIpc) is 2.70. The molecular formula is C14H10ClNO2. The lowest BCUT2D eigenvalue weighted by molar-refractivity contribution is 0.0437. The molecule has 2 aromatic carbocycles. The van der Waals surface area contributed by atoms with Crippen molar-refractivity contribution in [3.63, 3.8) is 0 Å². The van der Waals surface area contributed by atoms with Gasteiger partial charge in [-0.05, 0) is 18.2 Å². The van der Waals surface area contributed by atoms with Gasteiger partial charge < -0.3 is 10.1 Å². The molecule has 1 heterocycles. The van der Waals surface area contributed by atoms with Crippen LogP contribution in [0, 0.1) is 0 Å². The minimum atomic E-state index is -0.478. The highest BCUT2D eigenvalue weighted by molar-refractivity contribution is 6.33. The standard InChI is InChI=1S/C14H10ClNO2/c15-11-7-3-4-8-12(11)16-13-9-5-1-2-6-10(9)14(17)18-13/h1-8,13,16H/t13-/m1/s1. The second-order valence-corrected chi connectivity index (χ2v) is 4.40. The van der Waals surface area contributed by atoms with Gasteiger partial charge in [-0.15, -0.1) is 0 Å². The normalized spacial score (nSPS) is 17.2. The molecule has 0 fully saturated rings. The van der Waals surface area contributed by atoms with Crippen LogP contribution in [0.3, 0.4) is 0 Å². The smallest absolute Gasteiger partial charge is 0.340 e. The Kier molecular flexibility index (Phi) is 2.68. The van der Waals surface area contributed by atoms with Gasteiger partial charge in [-0.2, -0.15) is 0 Å². The summed E-state index contributed by atoms with van der Waals surface area (Å²) in [4.78, 5) is 11.7. The quantitative estimate of drug-likeness (QED) is 0.837. The molecule has 0 aliphatic carbocycles. The van der Waals surface area contributed by atoms with Crippen LogP contribution < -0.4 is 5.32 Å². The number of ether oxygens (including phenoxy) is 1. The summed E-state index contributed by atoms with van der Waals surface area (Å²) >= 11 is 6.06. The van der Waals surface area contributed by atoms with E-state index >= 15 is 0 Å². The highest BCUT2D eigenvalue weighted by Gasteiger charge is 2.30. The predicted octanol–water partition coefficient (Wildman–Crippen LogP) is 3.62. The van der Waals surface area contributed by atoms with Gasteiger partial charge in [0.05, 0.1) is 16.3 Å². The number of halogens is 1. The Morgan fingerprint density at radius 1 is 1.06 bits per heavy atom. The predicted molar refractivity (Wildman–Crippen MR) is 69.7 cm³/mol. The van der Waals surface area contributed by atoms with Gasteiger partial charge in [-0.25, -0.2) is 4.79 Å². The molecule has 0 saturated carbocycles. The maximum Gasteiger partial charge on any atom is 0.340 e. The largest absolute Gasteiger partial charge is 0.434 e. The van der Waals surface area contributed by atoms with Gasteiger partial charge in [0.1, 0.15) is 0 Å². The van der Waals surface area contributed by atoms with E-state index in [0.29, 0.717) is 10.6 Å². The first-order chi connectivity index (χ1) is 8.75. The van der Waals surface area contributed by atoms with Crippen LogP contribution >= 0.6 is 11.6 Å². The van der Waals surface area contributed by atoms with Crippen LogP contribution in [0.2, 0.25) is 5.02 Å². The topological polar surface area (TPSA) is 38.3 Å². The molecule has 18 heavy (non-hydrogen) atoms. The molecule has 0 spiro atoms. The van der Waals surface area contributed by atoms with E-state index in [1.165, 1.54) is 0 Å². The number of rotatable bonds is 2. The fraction of sp³-hybridized carbons (Fsp3) is 0.0714. The van der Waals surface area contributed by atoms with Crippen LogP contribution in [-0.4, -0.2) is 5.97 Å². The minimum absolute atomic E-state index is 0.310. The number of hydrogen-bond acceptors (Lipinski definition) is 3. The molecular weight excluding hydrogens is 250 g/mol. The molecule has 0 bridgehead atoms. The van der Waals surface area contributed by atoms with Crippen LogP contribution in [0.15, 0.2) is 48.5 Å². The maximum absolute atomic E-state index is 11.7. The van der Waals surface area contributed by atoms with E-state index in [0.717, 1.165) is 11.3 Å². The SMILES string of the molecule is O=C1O[C@@H](Nc2ccccc2Cl)c2ccccc21. The zero-order valence-corrected chi connectivity index (χ0v) is 10.1. The number of carbonyl (C=O) groups is 1. The van der Waals surface area contributed by atoms with Crippen LogP contribution in [-0.2, 0) is 4.74 Å². The van der Waals surface area contributed by atoms with E-state index in [1.54, 1.807) is 12.1 Å². The first-order valence-corrected chi connectivity index (χ1v) is 5.94. The van der Waals surface area contributed by atoms with Gasteiger partial charge in [0.15, 0.2) is 0 Å². The second-order valence-electron chi connectivity index (χ2n) is 4.00. The van der Waals surface area contributed by atoms with Gasteiger partial charge in [0, 0.05) is 5.56 Å². The van der Waals surface area contributed by atoms with Gasteiger partial charge in [0.2, 0.25) is 6.23 Å². The number of esters is 1. The van der Waals surface area contributed by atoms with Crippen LogP contribution in [0.25, 0.3) is 0 Å². The fourth-order valence-corrected chi connectivity index (χ4v) is 2.16. The van der Waals surface area contributed by atoms with Crippen molar-refractivity contribution >= 4 is 23.3 Å². The van der Waals surface area contributed by atoms with E-state index in [-0.39, 0.29) is 5.97 Å². The fourth-order valence-electron chi connectivity index (χ4n) is 1.97. The summed E-state index contributed by atoms with van der Waals surface area (Å²) in [6, 6.07) is 14.7. The minimum Gasteiger partial charge on any atom is -0.434 e. The van der Waals surface area contributed by atoms with Crippen molar-refractivity contribution in [3.8, 4) is 0 Å². The molecule has 1 aliphatic heterocycles. The van der Waals surface area contributed by atoms with Crippen molar-refractivity contribution in [1.82, 2.24) is 0 Å². The van der Waals surface area contributed by atoms with Crippen molar-refractivity contribution in [3.05, 3.63) is 64.7 Å². The molecule has 0 unspecified atom stereocenters. The summed E-state index contributed by atoms with van der Waals surface area (Å²) in [6.07, 6.45) is -0.478. The summed E-state index contributed by atoms with van der Waals surface area (Å²) in [6.45, 7) is 0. The van der Waals surface area contributed by atoms with E-state index in [9.17, 15) is 4.79 Å². The molecule has 2 aromatic rings. The molecule has 90 valence electrons. The van der Waals surface area contributed by atoms with Gasteiger partial charge in [0.25, 0.3) is 0 Å². The second kappa shape index (κ2) is 4.35. The Morgan fingerprint density at radius 3 is 2.61 bits per heavy atom. The number of para-hydroxylation sites is 1. The van der Waals surface area contributed by atoms with Crippen LogP contribution in [0.4, 0.5) is 5.69 Å².